The van der Waals surface area contributed by atoms with Crippen LogP contribution in [0.1, 0.15) is 49.7 Å². The van der Waals surface area contributed by atoms with E-state index in [1.165, 1.54) is 36.8 Å². The normalized spacial score (nSPS) is 17.9. The zero-order chi connectivity index (χ0) is 13.0. The van der Waals surface area contributed by atoms with Crippen LogP contribution in [0.25, 0.3) is 0 Å². The van der Waals surface area contributed by atoms with E-state index in [4.69, 9.17) is 4.74 Å². The van der Waals surface area contributed by atoms with E-state index < -0.39 is 0 Å². The number of hydrogen-bond donors (Lipinski definition) is 1. The number of aliphatic hydroxyl groups is 1. The minimum absolute atomic E-state index is 0.230. The van der Waals surface area contributed by atoms with E-state index in [2.05, 4.69) is 19.1 Å². The molecule has 2 heteroatoms. The van der Waals surface area contributed by atoms with Crippen molar-refractivity contribution in [1.82, 2.24) is 0 Å². The lowest BCUT2D eigenvalue weighted by Gasteiger charge is -2.24. The van der Waals surface area contributed by atoms with Crippen molar-refractivity contribution in [2.24, 2.45) is 5.92 Å². The number of methoxy groups -OCH3 is 1. The number of rotatable bonds is 5. The lowest BCUT2D eigenvalue weighted by Crippen LogP contribution is -2.15. The highest BCUT2D eigenvalue weighted by molar-refractivity contribution is 5.40. The van der Waals surface area contributed by atoms with Gasteiger partial charge in [-0.25, -0.2) is 0 Å². The SMILES string of the molecule is CCc1ccc(OC)c(C(CO)C2CCCC2)c1. The molecule has 1 aliphatic rings. The molecule has 0 heterocycles. The molecule has 1 fully saturated rings. The van der Waals surface area contributed by atoms with Crippen molar-refractivity contribution in [3.63, 3.8) is 0 Å². The molecular formula is C16H24O2. The molecule has 0 saturated heterocycles. The maximum absolute atomic E-state index is 9.77. The minimum Gasteiger partial charge on any atom is -0.496 e. The Morgan fingerprint density at radius 1 is 1.33 bits per heavy atom. The maximum Gasteiger partial charge on any atom is 0.122 e. The van der Waals surface area contributed by atoms with Gasteiger partial charge in [-0.1, -0.05) is 31.9 Å². The Morgan fingerprint density at radius 2 is 2.06 bits per heavy atom. The van der Waals surface area contributed by atoms with Gasteiger partial charge in [-0.3, -0.25) is 0 Å². The molecule has 100 valence electrons. The van der Waals surface area contributed by atoms with Crippen LogP contribution in [0.15, 0.2) is 18.2 Å². The van der Waals surface area contributed by atoms with Gasteiger partial charge in [0, 0.05) is 11.5 Å². The second-order valence-electron chi connectivity index (χ2n) is 5.26. The monoisotopic (exact) mass is 248 g/mol. The molecule has 1 atom stereocenters. The maximum atomic E-state index is 9.77. The zero-order valence-electron chi connectivity index (χ0n) is 11.5. The summed E-state index contributed by atoms with van der Waals surface area (Å²) in [5.74, 6) is 1.79. The van der Waals surface area contributed by atoms with Crippen molar-refractivity contribution >= 4 is 0 Å². The Bertz CT molecular complexity index is 381. The highest BCUT2D eigenvalue weighted by atomic mass is 16.5. The lowest BCUT2D eigenvalue weighted by molar-refractivity contribution is 0.222. The van der Waals surface area contributed by atoms with Gasteiger partial charge < -0.3 is 9.84 Å². The fraction of sp³-hybridized carbons (Fsp3) is 0.625. The summed E-state index contributed by atoms with van der Waals surface area (Å²) >= 11 is 0. The summed E-state index contributed by atoms with van der Waals surface area (Å²) in [5.41, 5.74) is 2.52. The predicted octanol–water partition coefficient (Wildman–Crippen LogP) is 3.52. The summed E-state index contributed by atoms with van der Waals surface area (Å²) in [6.45, 7) is 2.39. The molecule has 0 aliphatic heterocycles. The van der Waals surface area contributed by atoms with E-state index in [-0.39, 0.29) is 12.5 Å². The van der Waals surface area contributed by atoms with Crippen molar-refractivity contribution in [2.75, 3.05) is 13.7 Å². The van der Waals surface area contributed by atoms with Crippen LogP contribution >= 0.6 is 0 Å². The molecule has 2 nitrogen and oxygen atoms in total. The van der Waals surface area contributed by atoms with E-state index in [1.807, 2.05) is 6.07 Å². The van der Waals surface area contributed by atoms with Gasteiger partial charge in [0.05, 0.1) is 13.7 Å². The number of aliphatic hydroxyl groups excluding tert-OH is 1. The molecule has 1 aromatic rings. The molecule has 0 amide bonds. The number of hydrogen-bond acceptors (Lipinski definition) is 2. The summed E-state index contributed by atoms with van der Waals surface area (Å²) in [6, 6.07) is 6.38. The molecule has 0 aromatic heterocycles. The summed E-state index contributed by atoms with van der Waals surface area (Å²) in [4.78, 5) is 0. The van der Waals surface area contributed by atoms with Crippen molar-refractivity contribution in [3.05, 3.63) is 29.3 Å². The van der Waals surface area contributed by atoms with E-state index in [9.17, 15) is 5.11 Å². The van der Waals surface area contributed by atoms with E-state index in [0.717, 1.165) is 12.2 Å². The molecule has 1 aliphatic carbocycles. The molecule has 1 unspecified atom stereocenters. The fourth-order valence-corrected chi connectivity index (χ4v) is 3.15. The summed E-state index contributed by atoms with van der Waals surface area (Å²) in [6.07, 6.45) is 6.11. The number of ether oxygens (including phenoxy) is 1. The van der Waals surface area contributed by atoms with Gasteiger partial charge in [0.25, 0.3) is 0 Å². The molecule has 0 radical (unpaired) electrons. The topological polar surface area (TPSA) is 29.5 Å². The van der Waals surface area contributed by atoms with E-state index in [0.29, 0.717) is 5.92 Å². The Labute approximate surface area is 110 Å². The largest absolute Gasteiger partial charge is 0.496 e. The van der Waals surface area contributed by atoms with Crippen LogP contribution in [-0.2, 0) is 6.42 Å². The zero-order valence-corrected chi connectivity index (χ0v) is 11.5. The standard InChI is InChI=1S/C16H24O2/c1-3-12-8-9-16(18-2)14(10-12)15(11-17)13-6-4-5-7-13/h8-10,13,15,17H,3-7,11H2,1-2H3. The van der Waals surface area contributed by atoms with Crippen LogP contribution in [0, 0.1) is 5.92 Å². The fourth-order valence-electron chi connectivity index (χ4n) is 3.15. The first kappa shape index (κ1) is 13.4. The second kappa shape index (κ2) is 6.24. The Hall–Kier alpha value is -1.02. The van der Waals surface area contributed by atoms with E-state index in [1.54, 1.807) is 7.11 Å². The van der Waals surface area contributed by atoms with Gasteiger partial charge in [0.2, 0.25) is 0 Å². The van der Waals surface area contributed by atoms with Crippen LogP contribution in [0.3, 0.4) is 0 Å². The Morgan fingerprint density at radius 3 is 2.61 bits per heavy atom. The van der Waals surface area contributed by atoms with Gasteiger partial charge in [-0.2, -0.15) is 0 Å². The molecule has 0 spiro atoms. The van der Waals surface area contributed by atoms with Crippen LogP contribution < -0.4 is 4.74 Å². The first-order valence-electron chi connectivity index (χ1n) is 7.07. The molecule has 1 aromatic carbocycles. The lowest BCUT2D eigenvalue weighted by atomic mass is 9.84. The quantitative estimate of drug-likeness (QED) is 0.864. The second-order valence-corrected chi connectivity index (χ2v) is 5.26. The van der Waals surface area contributed by atoms with E-state index >= 15 is 0 Å². The van der Waals surface area contributed by atoms with Crippen LogP contribution in [0.5, 0.6) is 5.75 Å². The average molecular weight is 248 g/mol. The van der Waals surface area contributed by atoms with Crippen molar-refractivity contribution < 1.29 is 9.84 Å². The number of benzene rings is 1. The Kier molecular flexibility index (Phi) is 4.65. The molecule has 1 saturated carbocycles. The van der Waals surface area contributed by atoms with Gasteiger partial charge in [-0.05, 0) is 36.8 Å². The predicted molar refractivity (Wildman–Crippen MR) is 74.2 cm³/mol. The van der Waals surface area contributed by atoms with Crippen molar-refractivity contribution in [2.45, 2.75) is 44.9 Å². The van der Waals surface area contributed by atoms with Crippen LogP contribution in [0.2, 0.25) is 0 Å². The third kappa shape index (κ3) is 2.69. The van der Waals surface area contributed by atoms with Gasteiger partial charge >= 0.3 is 0 Å². The minimum atomic E-state index is 0.230. The Balaban J connectivity index is 2.32. The smallest absolute Gasteiger partial charge is 0.122 e. The van der Waals surface area contributed by atoms with Crippen LogP contribution in [0.4, 0.5) is 0 Å². The number of aryl methyl sites for hydroxylation is 1. The first-order chi connectivity index (χ1) is 8.80. The highest BCUT2D eigenvalue weighted by Gasteiger charge is 2.28. The highest BCUT2D eigenvalue weighted by Crippen LogP contribution is 2.40. The molecule has 2 rings (SSSR count). The van der Waals surface area contributed by atoms with Crippen LogP contribution in [-0.4, -0.2) is 18.8 Å². The molecular weight excluding hydrogens is 224 g/mol. The average Bonchev–Trinajstić information content (AvgIpc) is 2.93. The third-order valence-corrected chi connectivity index (χ3v) is 4.27. The summed E-state index contributed by atoms with van der Waals surface area (Å²) in [7, 11) is 1.72. The molecule has 1 N–H and O–H groups in total. The van der Waals surface area contributed by atoms with Gasteiger partial charge in [0.1, 0.15) is 5.75 Å². The molecule has 0 bridgehead atoms. The summed E-state index contributed by atoms with van der Waals surface area (Å²) in [5, 5.41) is 9.77. The van der Waals surface area contributed by atoms with Gasteiger partial charge in [0.15, 0.2) is 0 Å². The van der Waals surface area contributed by atoms with Gasteiger partial charge in [-0.15, -0.1) is 0 Å². The third-order valence-electron chi connectivity index (χ3n) is 4.27. The first-order valence-corrected chi connectivity index (χ1v) is 7.07. The van der Waals surface area contributed by atoms with Crippen molar-refractivity contribution in [3.8, 4) is 5.75 Å². The molecule has 18 heavy (non-hydrogen) atoms. The summed E-state index contributed by atoms with van der Waals surface area (Å²) < 4.78 is 5.48. The van der Waals surface area contributed by atoms with Crippen molar-refractivity contribution in [1.29, 1.82) is 0 Å².